The molecular weight excluding hydrogens is 208 g/mol. The van der Waals surface area contributed by atoms with Gasteiger partial charge in [0.2, 0.25) is 0 Å². The lowest BCUT2D eigenvalue weighted by Crippen LogP contribution is -2.49. The number of nitrogens with zero attached hydrogens (tertiary/aromatic N) is 1. The molecule has 1 N–H and O–H groups in total. The van der Waals surface area contributed by atoms with Crippen molar-refractivity contribution in [3.63, 3.8) is 0 Å². The predicted octanol–water partition coefficient (Wildman–Crippen LogP) is 2.88. The summed E-state index contributed by atoms with van der Waals surface area (Å²) in [4.78, 5) is 2.56. The summed E-state index contributed by atoms with van der Waals surface area (Å²) in [5, 5.41) is 3.53. The fraction of sp³-hybridized carbons (Fsp3) is 0.600. The average molecular weight is 232 g/mol. The van der Waals surface area contributed by atoms with Gasteiger partial charge in [0.15, 0.2) is 0 Å². The zero-order valence-corrected chi connectivity index (χ0v) is 11.5. The van der Waals surface area contributed by atoms with Crippen molar-refractivity contribution in [3.05, 3.63) is 29.3 Å². The van der Waals surface area contributed by atoms with Gasteiger partial charge in [0.25, 0.3) is 0 Å². The van der Waals surface area contributed by atoms with Crippen LogP contribution >= 0.6 is 0 Å². The molecule has 1 aliphatic heterocycles. The van der Waals surface area contributed by atoms with E-state index >= 15 is 0 Å². The van der Waals surface area contributed by atoms with Gasteiger partial charge in [-0.25, -0.2) is 0 Å². The first kappa shape index (κ1) is 12.4. The molecule has 2 heteroatoms. The first-order chi connectivity index (χ1) is 8.00. The third-order valence-electron chi connectivity index (χ3n) is 3.68. The van der Waals surface area contributed by atoms with Gasteiger partial charge in [-0.05, 0) is 57.9 Å². The van der Waals surface area contributed by atoms with E-state index in [0.717, 1.165) is 19.6 Å². The smallest absolute Gasteiger partial charge is 0.0470 e. The van der Waals surface area contributed by atoms with E-state index in [1.54, 1.807) is 0 Å². The van der Waals surface area contributed by atoms with Crippen molar-refractivity contribution in [2.75, 3.05) is 24.5 Å². The maximum atomic E-state index is 3.53. The first-order valence-electron chi connectivity index (χ1n) is 6.56. The molecule has 0 unspecified atom stereocenters. The minimum absolute atomic E-state index is 0.190. The average Bonchev–Trinajstić information content (AvgIpc) is 2.43. The van der Waals surface area contributed by atoms with Crippen LogP contribution in [0.3, 0.4) is 0 Å². The SMILES string of the molecule is Cc1ccc(C)c(N2CCCNCC2(C)C)c1. The Balaban J connectivity index is 2.38. The molecule has 0 aliphatic carbocycles. The minimum atomic E-state index is 0.190. The van der Waals surface area contributed by atoms with Crippen LogP contribution in [0.2, 0.25) is 0 Å². The Morgan fingerprint density at radius 2 is 2.00 bits per heavy atom. The van der Waals surface area contributed by atoms with E-state index in [-0.39, 0.29) is 5.54 Å². The van der Waals surface area contributed by atoms with Crippen molar-refractivity contribution in [2.24, 2.45) is 0 Å². The van der Waals surface area contributed by atoms with Gasteiger partial charge in [0.05, 0.1) is 0 Å². The van der Waals surface area contributed by atoms with Gasteiger partial charge in [0.1, 0.15) is 0 Å². The highest BCUT2D eigenvalue weighted by Gasteiger charge is 2.29. The Bertz CT molecular complexity index is 396. The topological polar surface area (TPSA) is 15.3 Å². The molecule has 0 spiro atoms. The summed E-state index contributed by atoms with van der Waals surface area (Å²) in [6.07, 6.45) is 1.22. The van der Waals surface area contributed by atoms with Gasteiger partial charge in [-0.3, -0.25) is 0 Å². The van der Waals surface area contributed by atoms with Crippen LogP contribution in [0.15, 0.2) is 18.2 Å². The maximum Gasteiger partial charge on any atom is 0.0470 e. The summed E-state index contributed by atoms with van der Waals surface area (Å²) in [6, 6.07) is 6.75. The number of anilines is 1. The molecule has 1 heterocycles. The van der Waals surface area contributed by atoms with Crippen LogP contribution in [-0.4, -0.2) is 25.2 Å². The van der Waals surface area contributed by atoms with Crippen LogP contribution in [0.25, 0.3) is 0 Å². The number of aryl methyl sites for hydroxylation is 2. The molecule has 94 valence electrons. The molecule has 1 fully saturated rings. The highest BCUT2D eigenvalue weighted by atomic mass is 15.2. The van der Waals surface area contributed by atoms with Gasteiger partial charge in [-0.15, -0.1) is 0 Å². The maximum absolute atomic E-state index is 3.53. The van der Waals surface area contributed by atoms with Crippen LogP contribution in [-0.2, 0) is 0 Å². The molecular formula is C15H24N2. The molecule has 1 aromatic rings. The lowest BCUT2D eigenvalue weighted by Gasteiger charge is -2.40. The molecule has 1 aliphatic rings. The number of rotatable bonds is 1. The first-order valence-corrected chi connectivity index (χ1v) is 6.56. The van der Waals surface area contributed by atoms with Crippen molar-refractivity contribution >= 4 is 5.69 Å². The van der Waals surface area contributed by atoms with E-state index in [1.807, 2.05) is 0 Å². The zero-order chi connectivity index (χ0) is 12.5. The zero-order valence-electron chi connectivity index (χ0n) is 11.5. The van der Waals surface area contributed by atoms with Crippen LogP contribution in [0, 0.1) is 13.8 Å². The summed E-state index contributed by atoms with van der Waals surface area (Å²) >= 11 is 0. The van der Waals surface area contributed by atoms with Crippen LogP contribution in [0.1, 0.15) is 31.4 Å². The molecule has 0 amide bonds. The molecule has 0 saturated carbocycles. The Kier molecular flexibility index (Phi) is 3.43. The van der Waals surface area contributed by atoms with Crippen LogP contribution in [0.5, 0.6) is 0 Å². The van der Waals surface area contributed by atoms with Crippen molar-refractivity contribution in [3.8, 4) is 0 Å². The monoisotopic (exact) mass is 232 g/mol. The van der Waals surface area contributed by atoms with Crippen molar-refractivity contribution in [1.82, 2.24) is 5.32 Å². The molecule has 1 aromatic carbocycles. The molecule has 2 rings (SSSR count). The number of benzene rings is 1. The summed E-state index contributed by atoms with van der Waals surface area (Å²) in [5.74, 6) is 0. The standard InChI is InChI=1S/C15H24N2/c1-12-6-7-13(2)14(10-12)17-9-5-8-16-11-15(17,3)4/h6-7,10,16H,5,8-9,11H2,1-4H3. The normalized spacial score (nSPS) is 20.1. The Labute approximate surface area is 105 Å². The van der Waals surface area contributed by atoms with Crippen LogP contribution < -0.4 is 10.2 Å². The van der Waals surface area contributed by atoms with Gasteiger partial charge < -0.3 is 10.2 Å². The second-order valence-corrected chi connectivity index (χ2v) is 5.78. The molecule has 0 bridgehead atoms. The van der Waals surface area contributed by atoms with Crippen LogP contribution in [0.4, 0.5) is 5.69 Å². The van der Waals surface area contributed by atoms with E-state index in [0.29, 0.717) is 0 Å². The lowest BCUT2D eigenvalue weighted by molar-refractivity contribution is 0.461. The van der Waals surface area contributed by atoms with E-state index in [9.17, 15) is 0 Å². The van der Waals surface area contributed by atoms with E-state index < -0.39 is 0 Å². The minimum Gasteiger partial charge on any atom is -0.365 e. The molecule has 17 heavy (non-hydrogen) atoms. The lowest BCUT2D eigenvalue weighted by atomic mass is 9.99. The van der Waals surface area contributed by atoms with Gasteiger partial charge in [0, 0.05) is 24.3 Å². The molecule has 0 radical (unpaired) electrons. The Morgan fingerprint density at radius 1 is 1.24 bits per heavy atom. The third-order valence-corrected chi connectivity index (χ3v) is 3.68. The molecule has 0 aromatic heterocycles. The third kappa shape index (κ3) is 2.63. The summed E-state index contributed by atoms with van der Waals surface area (Å²) in [7, 11) is 0. The van der Waals surface area contributed by atoms with Crippen molar-refractivity contribution < 1.29 is 0 Å². The molecule has 1 saturated heterocycles. The summed E-state index contributed by atoms with van der Waals surface area (Å²) in [6.45, 7) is 12.4. The second-order valence-electron chi connectivity index (χ2n) is 5.78. The van der Waals surface area contributed by atoms with E-state index in [1.165, 1.54) is 23.2 Å². The highest BCUT2D eigenvalue weighted by Crippen LogP contribution is 2.29. The fourth-order valence-corrected chi connectivity index (χ4v) is 2.61. The Morgan fingerprint density at radius 3 is 2.76 bits per heavy atom. The number of hydrogen-bond acceptors (Lipinski definition) is 2. The van der Waals surface area contributed by atoms with E-state index in [4.69, 9.17) is 0 Å². The largest absolute Gasteiger partial charge is 0.365 e. The van der Waals surface area contributed by atoms with Crippen molar-refractivity contribution in [1.29, 1.82) is 0 Å². The van der Waals surface area contributed by atoms with E-state index in [2.05, 4.69) is 56.1 Å². The summed E-state index contributed by atoms with van der Waals surface area (Å²) in [5.41, 5.74) is 4.32. The molecule has 2 nitrogen and oxygen atoms in total. The summed E-state index contributed by atoms with van der Waals surface area (Å²) < 4.78 is 0. The van der Waals surface area contributed by atoms with Crippen molar-refractivity contribution in [2.45, 2.75) is 39.7 Å². The highest BCUT2D eigenvalue weighted by molar-refractivity contribution is 5.57. The quantitative estimate of drug-likeness (QED) is 0.801. The number of hydrogen-bond donors (Lipinski definition) is 1. The predicted molar refractivity (Wildman–Crippen MR) is 74.8 cm³/mol. The molecule has 0 atom stereocenters. The second kappa shape index (κ2) is 4.69. The van der Waals surface area contributed by atoms with Gasteiger partial charge in [-0.2, -0.15) is 0 Å². The Hall–Kier alpha value is -1.02. The number of nitrogens with one attached hydrogen (secondary N) is 1. The fourth-order valence-electron chi connectivity index (χ4n) is 2.61. The van der Waals surface area contributed by atoms with Gasteiger partial charge in [-0.1, -0.05) is 12.1 Å². The van der Waals surface area contributed by atoms with Gasteiger partial charge >= 0.3 is 0 Å².